The lowest BCUT2D eigenvalue weighted by atomic mass is 10.0. The van der Waals surface area contributed by atoms with Gasteiger partial charge in [-0.2, -0.15) is 0 Å². The highest BCUT2D eigenvalue weighted by atomic mass is 79.9. The first kappa shape index (κ1) is 15.1. The van der Waals surface area contributed by atoms with E-state index in [1.165, 1.54) is 0 Å². The van der Waals surface area contributed by atoms with E-state index in [9.17, 15) is 4.79 Å². The van der Waals surface area contributed by atoms with E-state index < -0.39 is 0 Å². The number of amides is 1. The van der Waals surface area contributed by atoms with E-state index in [2.05, 4.69) is 26.2 Å². The lowest BCUT2D eigenvalue weighted by Crippen LogP contribution is -2.39. The van der Waals surface area contributed by atoms with Gasteiger partial charge in [0.1, 0.15) is 4.60 Å². The van der Waals surface area contributed by atoms with Gasteiger partial charge in [0.25, 0.3) is 5.91 Å². The second-order valence-corrected chi connectivity index (χ2v) is 5.38. The fraction of sp³-hybridized carbons (Fsp3) is 0.538. The number of pyridine rings is 1. The normalized spacial score (nSPS) is 12.6. The lowest BCUT2D eigenvalue weighted by molar-refractivity contribution is 0.0915. The molecule has 5 heteroatoms. The second kappa shape index (κ2) is 6.85. The molecule has 0 radical (unpaired) electrons. The van der Waals surface area contributed by atoms with E-state index in [0.717, 1.165) is 5.69 Å². The lowest BCUT2D eigenvalue weighted by Gasteiger charge is -2.21. The summed E-state index contributed by atoms with van der Waals surface area (Å²) in [5.74, 6) is 0.111. The molecule has 2 N–H and O–H groups in total. The van der Waals surface area contributed by atoms with E-state index in [1.54, 1.807) is 12.1 Å². The van der Waals surface area contributed by atoms with Crippen LogP contribution in [0.15, 0.2) is 16.7 Å². The van der Waals surface area contributed by atoms with Crippen molar-refractivity contribution in [3.63, 3.8) is 0 Å². The Morgan fingerprint density at radius 1 is 1.50 bits per heavy atom. The number of carbonyl (C=O) groups is 1. The zero-order valence-electron chi connectivity index (χ0n) is 10.9. The molecule has 0 bridgehead atoms. The Labute approximate surface area is 116 Å². The Hall–Kier alpha value is -0.940. The molecule has 0 aliphatic heterocycles. The number of nitrogens with zero attached hydrogens (tertiary/aromatic N) is 1. The van der Waals surface area contributed by atoms with E-state index in [1.807, 2.05) is 20.8 Å². The largest absolute Gasteiger partial charge is 0.396 e. The van der Waals surface area contributed by atoms with Crippen molar-refractivity contribution in [1.82, 2.24) is 10.3 Å². The van der Waals surface area contributed by atoms with E-state index in [0.29, 0.717) is 16.6 Å². The summed E-state index contributed by atoms with van der Waals surface area (Å²) in [6, 6.07) is 3.52. The minimum atomic E-state index is -0.165. The highest BCUT2D eigenvalue weighted by Crippen LogP contribution is 2.15. The Morgan fingerprint density at radius 3 is 2.67 bits per heavy atom. The molecule has 0 spiro atoms. The summed E-state index contributed by atoms with van der Waals surface area (Å²) in [4.78, 5) is 16.3. The molecule has 0 fully saturated rings. The Balaban J connectivity index is 2.80. The number of aryl methyl sites for hydroxylation is 1. The summed E-state index contributed by atoms with van der Waals surface area (Å²) in [5.41, 5.74) is 1.37. The maximum absolute atomic E-state index is 12.1. The van der Waals surface area contributed by atoms with Crippen LogP contribution >= 0.6 is 15.9 Å². The fourth-order valence-corrected chi connectivity index (χ4v) is 2.24. The molecule has 0 saturated heterocycles. The summed E-state index contributed by atoms with van der Waals surface area (Å²) in [6.45, 7) is 5.97. The Morgan fingerprint density at radius 2 is 2.17 bits per heavy atom. The first-order valence-electron chi connectivity index (χ1n) is 6.00. The van der Waals surface area contributed by atoms with Crippen LogP contribution in [0.3, 0.4) is 0 Å². The molecule has 0 aromatic carbocycles. The summed E-state index contributed by atoms with van der Waals surface area (Å²) >= 11 is 3.29. The van der Waals surface area contributed by atoms with Crippen molar-refractivity contribution >= 4 is 21.8 Å². The number of aliphatic hydroxyl groups excluding tert-OH is 1. The van der Waals surface area contributed by atoms with Gasteiger partial charge < -0.3 is 10.4 Å². The quantitative estimate of drug-likeness (QED) is 0.820. The summed E-state index contributed by atoms with van der Waals surface area (Å²) in [6.07, 6.45) is 0.556. The molecule has 1 aromatic heterocycles. The van der Waals surface area contributed by atoms with Gasteiger partial charge in [0, 0.05) is 18.3 Å². The smallest absolute Gasteiger partial charge is 0.254 e. The summed E-state index contributed by atoms with van der Waals surface area (Å²) in [5, 5.41) is 11.9. The van der Waals surface area contributed by atoms with E-state index >= 15 is 0 Å². The standard InChI is InChI=1S/C13H19BrN2O2/c1-8(2)11(6-7-17)16-13(18)10-5-4-9(3)15-12(10)14/h4-5,8,11,17H,6-7H2,1-3H3,(H,16,18). The van der Waals surface area contributed by atoms with Gasteiger partial charge in [-0.1, -0.05) is 13.8 Å². The highest BCUT2D eigenvalue weighted by Gasteiger charge is 2.18. The third kappa shape index (κ3) is 4.07. The first-order chi connectivity index (χ1) is 8.45. The zero-order chi connectivity index (χ0) is 13.7. The second-order valence-electron chi connectivity index (χ2n) is 4.63. The molecule has 1 unspecified atom stereocenters. The maximum Gasteiger partial charge on any atom is 0.254 e. The third-order valence-electron chi connectivity index (χ3n) is 2.79. The van der Waals surface area contributed by atoms with Crippen molar-refractivity contribution in [3.8, 4) is 0 Å². The zero-order valence-corrected chi connectivity index (χ0v) is 12.5. The van der Waals surface area contributed by atoms with Crippen molar-refractivity contribution in [2.24, 2.45) is 5.92 Å². The van der Waals surface area contributed by atoms with Crippen molar-refractivity contribution in [1.29, 1.82) is 0 Å². The van der Waals surface area contributed by atoms with Gasteiger partial charge >= 0.3 is 0 Å². The number of carbonyl (C=O) groups excluding carboxylic acids is 1. The average Bonchev–Trinajstić information content (AvgIpc) is 2.27. The molecule has 18 heavy (non-hydrogen) atoms. The number of aromatic nitrogens is 1. The predicted molar refractivity (Wildman–Crippen MR) is 74.5 cm³/mol. The van der Waals surface area contributed by atoms with Crippen molar-refractivity contribution in [3.05, 3.63) is 28.0 Å². The van der Waals surface area contributed by atoms with Crippen LogP contribution in [0.5, 0.6) is 0 Å². The topological polar surface area (TPSA) is 62.2 Å². The van der Waals surface area contributed by atoms with Gasteiger partial charge in [-0.25, -0.2) is 4.98 Å². The van der Waals surface area contributed by atoms with Gasteiger partial charge in [0.15, 0.2) is 0 Å². The highest BCUT2D eigenvalue weighted by molar-refractivity contribution is 9.10. The monoisotopic (exact) mass is 314 g/mol. The van der Waals surface area contributed by atoms with Gasteiger partial charge in [-0.05, 0) is 47.3 Å². The molecule has 0 saturated carbocycles. The average molecular weight is 315 g/mol. The summed E-state index contributed by atoms with van der Waals surface area (Å²) < 4.78 is 0.548. The Kier molecular flexibility index (Phi) is 5.75. The summed E-state index contributed by atoms with van der Waals surface area (Å²) in [7, 11) is 0. The fourth-order valence-electron chi connectivity index (χ4n) is 1.65. The van der Waals surface area contributed by atoms with Crippen molar-refractivity contribution in [2.45, 2.75) is 33.2 Å². The van der Waals surface area contributed by atoms with Crippen LogP contribution in [0.25, 0.3) is 0 Å². The van der Waals surface area contributed by atoms with Gasteiger partial charge in [-0.15, -0.1) is 0 Å². The Bertz CT molecular complexity index is 421. The number of halogens is 1. The van der Waals surface area contributed by atoms with Crippen LogP contribution in [0.2, 0.25) is 0 Å². The minimum Gasteiger partial charge on any atom is -0.396 e. The molecular formula is C13H19BrN2O2. The van der Waals surface area contributed by atoms with Gasteiger partial charge in [-0.3, -0.25) is 4.79 Å². The van der Waals surface area contributed by atoms with E-state index in [-0.39, 0.29) is 24.5 Å². The van der Waals surface area contributed by atoms with Crippen molar-refractivity contribution in [2.75, 3.05) is 6.61 Å². The molecular weight excluding hydrogens is 296 g/mol. The molecule has 1 rings (SSSR count). The van der Waals surface area contributed by atoms with Crippen LogP contribution in [0.4, 0.5) is 0 Å². The number of rotatable bonds is 5. The van der Waals surface area contributed by atoms with Crippen LogP contribution in [0, 0.1) is 12.8 Å². The first-order valence-corrected chi connectivity index (χ1v) is 6.80. The van der Waals surface area contributed by atoms with Gasteiger partial charge in [0.05, 0.1) is 5.56 Å². The number of aliphatic hydroxyl groups is 1. The number of hydrogen-bond donors (Lipinski definition) is 2. The number of nitrogens with one attached hydrogen (secondary N) is 1. The van der Waals surface area contributed by atoms with Crippen LogP contribution in [-0.2, 0) is 0 Å². The number of hydrogen-bond acceptors (Lipinski definition) is 3. The molecule has 1 heterocycles. The molecule has 100 valence electrons. The SMILES string of the molecule is Cc1ccc(C(=O)NC(CCO)C(C)C)c(Br)n1. The molecule has 0 aliphatic carbocycles. The molecule has 0 aliphatic rings. The van der Waals surface area contributed by atoms with Crippen molar-refractivity contribution < 1.29 is 9.90 Å². The maximum atomic E-state index is 12.1. The van der Waals surface area contributed by atoms with Crippen LogP contribution in [0.1, 0.15) is 36.3 Å². The van der Waals surface area contributed by atoms with Crippen LogP contribution < -0.4 is 5.32 Å². The minimum absolute atomic E-state index is 0.0318. The molecule has 1 atom stereocenters. The molecule has 1 aromatic rings. The molecule has 4 nitrogen and oxygen atoms in total. The predicted octanol–water partition coefficient (Wildman–Crippen LogP) is 2.29. The van der Waals surface area contributed by atoms with Gasteiger partial charge in [0.2, 0.25) is 0 Å². The third-order valence-corrected chi connectivity index (χ3v) is 3.40. The molecule has 1 amide bonds. The van der Waals surface area contributed by atoms with Crippen LogP contribution in [-0.4, -0.2) is 28.6 Å². The van der Waals surface area contributed by atoms with E-state index in [4.69, 9.17) is 5.11 Å².